The molecule has 1 atom stereocenters. The summed E-state index contributed by atoms with van der Waals surface area (Å²) in [6, 6.07) is 7.16. The molecule has 22 heavy (non-hydrogen) atoms. The second-order valence-electron chi connectivity index (χ2n) is 5.30. The van der Waals surface area contributed by atoms with E-state index in [-0.39, 0.29) is 30.1 Å². The van der Waals surface area contributed by atoms with E-state index in [0.29, 0.717) is 22.8 Å². The van der Waals surface area contributed by atoms with Gasteiger partial charge in [-0.3, -0.25) is 4.52 Å². The van der Waals surface area contributed by atoms with Gasteiger partial charge in [-0.2, -0.15) is 4.98 Å². The Morgan fingerprint density at radius 1 is 1.36 bits per heavy atom. The topological polar surface area (TPSA) is 82.3 Å². The van der Waals surface area contributed by atoms with E-state index < -0.39 is 9.84 Å². The van der Waals surface area contributed by atoms with E-state index in [2.05, 4.69) is 10.1 Å². The first-order valence-electron chi connectivity index (χ1n) is 6.95. The standard InChI is InChI=1S/C14H15ClN2O4S/c15-12-6-2-1-5-11(12)13-16-14(21-17-13)20-8-10-4-3-7-22(18,19)9-10/h1-2,5-6,10H,3-4,7-9H2. The number of hydrogen-bond donors (Lipinski definition) is 0. The van der Waals surface area contributed by atoms with Gasteiger partial charge in [-0.25, -0.2) is 8.42 Å². The molecule has 0 N–H and O–H groups in total. The number of rotatable bonds is 4. The van der Waals surface area contributed by atoms with E-state index >= 15 is 0 Å². The van der Waals surface area contributed by atoms with Crippen LogP contribution in [0.2, 0.25) is 5.02 Å². The summed E-state index contributed by atoms with van der Waals surface area (Å²) in [6.45, 7) is 0.253. The molecule has 6 nitrogen and oxygen atoms in total. The predicted octanol–water partition coefficient (Wildman–Crippen LogP) is 2.59. The third kappa shape index (κ3) is 3.59. The van der Waals surface area contributed by atoms with Crippen molar-refractivity contribution >= 4 is 21.4 Å². The molecule has 2 heterocycles. The highest BCUT2D eigenvalue weighted by molar-refractivity contribution is 7.91. The summed E-state index contributed by atoms with van der Waals surface area (Å²) in [7, 11) is -2.94. The van der Waals surface area contributed by atoms with Crippen molar-refractivity contribution in [1.82, 2.24) is 10.1 Å². The van der Waals surface area contributed by atoms with E-state index in [1.165, 1.54) is 0 Å². The lowest BCUT2D eigenvalue weighted by molar-refractivity contribution is 0.172. The van der Waals surface area contributed by atoms with Crippen LogP contribution in [-0.2, 0) is 9.84 Å². The number of aromatic nitrogens is 2. The molecule has 1 aliphatic rings. The molecule has 0 saturated carbocycles. The number of hydrogen-bond acceptors (Lipinski definition) is 6. The van der Waals surface area contributed by atoms with Crippen molar-refractivity contribution in [3.05, 3.63) is 29.3 Å². The zero-order chi connectivity index (χ0) is 15.6. The van der Waals surface area contributed by atoms with Crippen LogP contribution in [0, 0.1) is 5.92 Å². The fourth-order valence-electron chi connectivity index (χ4n) is 2.46. The summed E-state index contributed by atoms with van der Waals surface area (Å²) < 4.78 is 33.6. The highest BCUT2D eigenvalue weighted by Gasteiger charge is 2.25. The van der Waals surface area contributed by atoms with Gasteiger partial charge in [0.2, 0.25) is 5.82 Å². The second-order valence-corrected chi connectivity index (χ2v) is 7.93. The monoisotopic (exact) mass is 342 g/mol. The number of nitrogens with zero attached hydrogens (tertiary/aromatic N) is 2. The van der Waals surface area contributed by atoms with Gasteiger partial charge in [0.25, 0.3) is 0 Å². The Balaban J connectivity index is 1.64. The zero-order valence-electron chi connectivity index (χ0n) is 11.7. The molecule has 0 bridgehead atoms. The van der Waals surface area contributed by atoms with Crippen LogP contribution in [0.15, 0.2) is 28.8 Å². The molecular formula is C14H15ClN2O4S. The third-order valence-electron chi connectivity index (χ3n) is 3.52. The predicted molar refractivity (Wildman–Crippen MR) is 81.6 cm³/mol. The smallest absolute Gasteiger partial charge is 0.417 e. The first kappa shape index (κ1) is 15.3. The van der Waals surface area contributed by atoms with Gasteiger partial charge in [-0.05, 0) is 25.0 Å². The molecule has 0 amide bonds. The fourth-order valence-corrected chi connectivity index (χ4v) is 4.43. The van der Waals surface area contributed by atoms with Crippen LogP contribution in [-0.4, -0.2) is 36.7 Å². The highest BCUT2D eigenvalue weighted by atomic mass is 35.5. The molecule has 0 spiro atoms. The molecule has 118 valence electrons. The molecule has 2 aromatic rings. The van der Waals surface area contributed by atoms with E-state index in [4.69, 9.17) is 20.9 Å². The van der Waals surface area contributed by atoms with E-state index in [9.17, 15) is 8.42 Å². The minimum absolute atomic E-state index is 0.0258. The highest BCUT2D eigenvalue weighted by Crippen LogP contribution is 2.26. The molecule has 1 aromatic carbocycles. The molecule has 1 saturated heterocycles. The first-order chi connectivity index (χ1) is 10.5. The third-order valence-corrected chi connectivity index (χ3v) is 5.74. The summed E-state index contributed by atoms with van der Waals surface area (Å²) in [6.07, 6.45) is 1.52. The van der Waals surface area contributed by atoms with E-state index in [1.807, 2.05) is 12.1 Å². The molecule has 0 aliphatic carbocycles. The van der Waals surface area contributed by atoms with Crippen molar-refractivity contribution < 1.29 is 17.7 Å². The molecule has 8 heteroatoms. The summed E-state index contributed by atoms with van der Waals surface area (Å²) in [5.74, 6) is 0.727. The Hall–Kier alpha value is -1.60. The van der Waals surface area contributed by atoms with Gasteiger partial charge < -0.3 is 4.74 Å². The number of halogens is 1. The summed E-state index contributed by atoms with van der Waals surface area (Å²) in [5.41, 5.74) is 0.656. The van der Waals surface area contributed by atoms with Crippen molar-refractivity contribution in [3.63, 3.8) is 0 Å². The quantitative estimate of drug-likeness (QED) is 0.849. The van der Waals surface area contributed by atoms with Crippen molar-refractivity contribution in [3.8, 4) is 17.5 Å². The van der Waals surface area contributed by atoms with Crippen molar-refractivity contribution in [1.29, 1.82) is 0 Å². The molecule has 1 aromatic heterocycles. The van der Waals surface area contributed by atoms with Gasteiger partial charge in [-0.1, -0.05) is 28.9 Å². The number of sulfone groups is 1. The van der Waals surface area contributed by atoms with Gasteiger partial charge >= 0.3 is 6.08 Å². The Morgan fingerprint density at radius 2 is 2.18 bits per heavy atom. The average Bonchev–Trinajstić information content (AvgIpc) is 2.93. The normalized spacial score (nSPS) is 20.7. The Labute approximate surface area is 133 Å². The Morgan fingerprint density at radius 3 is 2.95 bits per heavy atom. The van der Waals surface area contributed by atoms with E-state index in [1.54, 1.807) is 12.1 Å². The molecule has 0 radical (unpaired) electrons. The second kappa shape index (κ2) is 6.26. The lowest BCUT2D eigenvalue weighted by Crippen LogP contribution is -2.29. The molecular weight excluding hydrogens is 328 g/mol. The van der Waals surface area contributed by atoms with Gasteiger partial charge in [0, 0.05) is 11.5 Å². The summed E-state index contributed by atoms with van der Waals surface area (Å²) in [5, 5.41) is 4.35. The number of benzene rings is 1. The van der Waals surface area contributed by atoms with E-state index in [0.717, 1.165) is 6.42 Å². The van der Waals surface area contributed by atoms with Crippen LogP contribution in [0.3, 0.4) is 0 Å². The minimum Gasteiger partial charge on any atom is -0.449 e. The largest absolute Gasteiger partial charge is 0.449 e. The summed E-state index contributed by atoms with van der Waals surface area (Å²) in [4.78, 5) is 4.13. The average molecular weight is 343 g/mol. The summed E-state index contributed by atoms with van der Waals surface area (Å²) >= 11 is 6.07. The first-order valence-corrected chi connectivity index (χ1v) is 9.15. The van der Waals surface area contributed by atoms with Gasteiger partial charge in [0.1, 0.15) is 0 Å². The fraction of sp³-hybridized carbons (Fsp3) is 0.429. The SMILES string of the molecule is O=S1(=O)CCCC(COc2nc(-c3ccccc3Cl)no2)C1. The molecule has 1 fully saturated rings. The maximum Gasteiger partial charge on any atom is 0.417 e. The maximum atomic E-state index is 11.6. The maximum absolute atomic E-state index is 11.6. The molecule has 1 unspecified atom stereocenters. The van der Waals surface area contributed by atoms with Crippen molar-refractivity contribution in [2.45, 2.75) is 12.8 Å². The van der Waals surface area contributed by atoms with Crippen LogP contribution >= 0.6 is 11.6 Å². The van der Waals surface area contributed by atoms with Crippen molar-refractivity contribution in [2.75, 3.05) is 18.1 Å². The van der Waals surface area contributed by atoms with Crippen molar-refractivity contribution in [2.24, 2.45) is 5.92 Å². The van der Waals surface area contributed by atoms with Gasteiger partial charge in [0.05, 0.1) is 23.1 Å². The van der Waals surface area contributed by atoms with Gasteiger partial charge in [0.15, 0.2) is 9.84 Å². The lowest BCUT2D eigenvalue weighted by Gasteiger charge is -2.20. The lowest BCUT2D eigenvalue weighted by atomic mass is 10.1. The van der Waals surface area contributed by atoms with Crippen LogP contribution in [0.1, 0.15) is 12.8 Å². The van der Waals surface area contributed by atoms with Crippen LogP contribution in [0.4, 0.5) is 0 Å². The number of ether oxygens (including phenoxy) is 1. The van der Waals surface area contributed by atoms with Gasteiger partial charge in [-0.15, -0.1) is 0 Å². The van der Waals surface area contributed by atoms with Crippen LogP contribution < -0.4 is 4.74 Å². The minimum atomic E-state index is -2.94. The molecule has 3 rings (SSSR count). The molecule has 1 aliphatic heterocycles. The van der Waals surface area contributed by atoms with Crippen LogP contribution in [0.25, 0.3) is 11.4 Å². The zero-order valence-corrected chi connectivity index (χ0v) is 13.3. The van der Waals surface area contributed by atoms with Crippen LogP contribution in [0.5, 0.6) is 6.08 Å². The Bertz CT molecular complexity index is 760. The Kier molecular flexibility index (Phi) is 4.35.